The Morgan fingerprint density at radius 3 is 2.58 bits per heavy atom. The second-order valence-electron chi connectivity index (χ2n) is 4.23. The van der Waals surface area contributed by atoms with Crippen LogP contribution in [0, 0.1) is 6.92 Å². The maximum absolute atomic E-state index is 12.3. The van der Waals surface area contributed by atoms with Crippen molar-refractivity contribution in [2.24, 2.45) is 0 Å². The number of rotatable bonds is 6. The molecule has 1 rings (SSSR count). The predicted octanol–water partition coefficient (Wildman–Crippen LogP) is 2.13. The smallest absolute Gasteiger partial charge is 0.303 e. The van der Waals surface area contributed by atoms with Gasteiger partial charge in [-0.3, -0.25) is 4.79 Å². The van der Waals surface area contributed by atoms with Crippen LogP contribution in [0.15, 0.2) is 23.1 Å². The Labute approximate surface area is 117 Å². The third-order valence-corrected chi connectivity index (χ3v) is 4.94. The van der Waals surface area contributed by atoms with E-state index in [-0.39, 0.29) is 24.3 Å². The molecule has 19 heavy (non-hydrogen) atoms. The van der Waals surface area contributed by atoms with Gasteiger partial charge in [0, 0.05) is 25.0 Å². The topological polar surface area (TPSA) is 74.7 Å². The van der Waals surface area contributed by atoms with Crippen molar-refractivity contribution >= 4 is 27.6 Å². The van der Waals surface area contributed by atoms with Crippen LogP contribution in [0.5, 0.6) is 0 Å². The predicted molar refractivity (Wildman–Crippen MR) is 72.9 cm³/mol. The van der Waals surface area contributed by atoms with Gasteiger partial charge in [0.05, 0.1) is 4.90 Å². The Balaban J connectivity index is 2.87. The Bertz CT molecular complexity index is 571. The quantitative estimate of drug-likeness (QED) is 0.873. The third-order valence-electron chi connectivity index (χ3n) is 2.69. The number of carboxylic acids is 1. The average molecular weight is 306 g/mol. The first-order valence-electron chi connectivity index (χ1n) is 5.69. The van der Waals surface area contributed by atoms with Crippen molar-refractivity contribution in [3.63, 3.8) is 0 Å². The van der Waals surface area contributed by atoms with Crippen molar-refractivity contribution in [1.82, 2.24) is 4.31 Å². The first kappa shape index (κ1) is 15.9. The van der Waals surface area contributed by atoms with Gasteiger partial charge in [-0.15, -0.1) is 0 Å². The van der Waals surface area contributed by atoms with Crippen molar-refractivity contribution in [3.05, 3.63) is 28.8 Å². The summed E-state index contributed by atoms with van der Waals surface area (Å²) in [6.07, 6.45) is 0.219. The largest absolute Gasteiger partial charge is 0.481 e. The van der Waals surface area contributed by atoms with E-state index in [1.54, 1.807) is 13.0 Å². The van der Waals surface area contributed by atoms with Gasteiger partial charge in [0.1, 0.15) is 0 Å². The lowest BCUT2D eigenvalue weighted by molar-refractivity contribution is -0.137. The van der Waals surface area contributed by atoms with E-state index in [2.05, 4.69) is 0 Å². The molecule has 0 heterocycles. The number of hydrogen-bond donors (Lipinski definition) is 1. The van der Waals surface area contributed by atoms with Gasteiger partial charge in [0.15, 0.2) is 0 Å². The zero-order valence-electron chi connectivity index (χ0n) is 10.8. The fourth-order valence-electron chi connectivity index (χ4n) is 1.64. The molecule has 1 aromatic carbocycles. The van der Waals surface area contributed by atoms with Gasteiger partial charge in [-0.05, 0) is 37.1 Å². The van der Waals surface area contributed by atoms with E-state index in [0.29, 0.717) is 10.6 Å². The van der Waals surface area contributed by atoms with E-state index in [1.165, 1.54) is 19.2 Å². The second kappa shape index (κ2) is 6.36. The Kier molecular flexibility index (Phi) is 5.34. The molecule has 0 aliphatic rings. The normalized spacial score (nSPS) is 11.8. The molecule has 1 aromatic rings. The summed E-state index contributed by atoms with van der Waals surface area (Å²) in [5.74, 6) is -0.937. The number of aryl methyl sites for hydroxylation is 1. The molecule has 0 saturated heterocycles. The number of hydrogen-bond acceptors (Lipinski definition) is 3. The van der Waals surface area contributed by atoms with Crippen LogP contribution < -0.4 is 0 Å². The molecule has 0 radical (unpaired) electrons. The molecule has 0 aliphatic heterocycles. The van der Waals surface area contributed by atoms with Gasteiger partial charge >= 0.3 is 5.97 Å². The number of benzene rings is 1. The zero-order chi connectivity index (χ0) is 14.6. The number of carbonyl (C=O) groups is 1. The standard InChI is InChI=1S/C12H16ClNO4S/c1-9-8-10(13)5-6-11(9)19(17,18)14(2)7-3-4-12(15)16/h5-6,8H,3-4,7H2,1-2H3,(H,15,16). The zero-order valence-corrected chi connectivity index (χ0v) is 12.3. The Hall–Kier alpha value is -1.11. The van der Waals surface area contributed by atoms with Gasteiger partial charge in [-0.2, -0.15) is 0 Å². The molecule has 0 aromatic heterocycles. The highest BCUT2D eigenvalue weighted by Crippen LogP contribution is 2.22. The molecule has 0 amide bonds. The van der Waals surface area contributed by atoms with E-state index in [4.69, 9.17) is 16.7 Å². The maximum Gasteiger partial charge on any atom is 0.303 e. The summed E-state index contributed by atoms with van der Waals surface area (Å²) >= 11 is 5.79. The summed E-state index contributed by atoms with van der Waals surface area (Å²) in [5.41, 5.74) is 0.567. The van der Waals surface area contributed by atoms with Gasteiger partial charge < -0.3 is 5.11 Å². The van der Waals surface area contributed by atoms with E-state index < -0.39 is 16.0 Å². The molecule has 0 bridgehead atoms. The summed E-state index contributed by atoms with van der Waals surface area (Å²) in [4.78, 5) is 10.6. The van der Waals surface area contributed by atoms with Gasteiger partial charge in [-0.25, -0.2) is 12.7 Å². The molecule has 106 valence electrons. The van der Waals surface area contributed by atoms with Crippen molar-refractivity contribution in [2.45, 2.75) is 24.7 Å². The lowest BCUT2D eigenvalue weighted by Gasteiger charge is -2.18. The van der Waals surface area contributed by atoms with Crippen LogP contribution in [0.1, 0.15) is 18.4 Å². The highest BCUT2D eigenvalue weighted by molar-refractivity contribution is 7.89. The van der Waals surface area contributed by atoms with E-state index in [0.717, 1.165) is 4.31 Å². The summed E-state index contributed by atoms with van der Waals surface area (Å²) in [6, 6.07) is 4.56. The average Bonchev–Trinajstić information content (AvgIpc) is 2.27. The lowest BCUT2D eigenvalue weighted by Crippen LogP contribution is -2.28. The number of nitrogens with zero attached hydrogens (tertiary/aromatic N) is 1. The van der Waals surface area contributed by atoms with Crippen LogP contribution in [0.2, 0.25) is 5.02 Å². The SMILES string of the molecule is Cc1cc(Cl)ccc1S(=O)(=O)N(C)CCCC(=O)O. The first-order chi connectivity index (χ1) is 8.75. The molecule has 7 heteroatoms. The molecular formula is C12H16ClNO4S. The summed E-state index contributed by atoms with van der Waals surface area (Å²) in [6.45, 7) is 1.83. The molecule has 0 fully saturated rings. The minimum atomic E-state index is -3.60. The van der Waals surface area contributed by atoms with E-state index >= 15 is 0 Å². The monoisotopic (exact) mass is 305 g/mol. The van der Waals surface area contributed by atoms with Crippen molar-refractivity contribution in [2.75, 3.05) is 13.6 Å². The molecule has 0 atom stereocenters. The van der Waals surface area contributed by atoms with Crippen LogP contribution in [0.4, 0.5) is 0 Å². The van der Waals surface area contributed by atoms with Gasteiger partial charge in [-0.1, -0.05) is 11.6 Å². The molecular weight excluding hydrogens is 290 g/mol. The van der Waals surface area contributed by atoms with Crippen molar-refractivity contribution < 1.29 is 18.3 Å². The first-order valence-corrected chi connectivity index (χ1v) is 7.51. The van der Waals surface area contributed by atoms with Crippen LogP contribution in [-0.4, -0.2) is 37.4 Å². The van der Waals surface area contributed by atoms with Gasteiger partial charge in [0.25, 0.3) is 0 Å². The highest BCUT2D eigenvalue weighted by atomic mass is 35.5. The third kappa shape index (κ3) is 4.19. The summed E-state index contributed by atoms with van der Waals surface area (Å²) in [5, 5.41) is 9.02. The highest BCUT2D eigenvalue weighted by Gasteiger charge is 2.22. The fourth-order valence-corrected chi connectivity index (χ4v) is 3.28. The van der Waals surface area contributed by atoms with Crippen molar-refractivity contribution in [1.29, 1.82) is 0 Å². The molecule has 0 saturated carbocycles. The number of sulfonamides is 1. The fraction of sp³-hybridized carbons (Fsp3) is 0.417. The molecule has 1 N–H and O–H groups in total. The number of aliphatic carboxylic acids is 1. The van der Waals surface area contributed by atoms with Crippen molar-refractivity contribution in [3.8, 4) is 0 Å². The molecule has 0 unspecified atom stereocenters. The molecule has 0 aliphatic carbocycles. The summed E-state index contributed by atoms with van der Waals surface area (Å²) in [7, 11) is -2.17. The van der Waals surface area contributed by atoms with Gasteiger partial charge in [0.2, 0.25) is 10.0 Å². The van der Waals surface area contributed by atoms with E-state index in [1.807, 2.05) is 0 Å². The number of halogens is 1. The summed E-state index contributed by atoms with van der Waals surface area (Å²) < 4.78 is 25.7. The molecule has 0 spiro atoms. The minimum Gasteiger partial charge on any atom is -0.481 e. The Morgan fingerprint density at radius 1 is 1.42 bits per heavy atom. The van der Waals surface area contributed by atoms with Crippen LogP contribution in [-0.2, 0) is 14.8 Å². The minimum absolute atomic E-state index is 0.0561. The second-order valence-corrected chi connectivity index (χ2v) is 6.68. The van der Waals surface area contributed by atoms with Crippen LogP contribution >= 0.6 is 11.6 Å². The van der Waals surface area contributed by atoms with Crippen LogP contribution in [0.25, 0.3) is 0 Å². The Morgan fingerprint density at radius 2 is 2.05 bits per heavy atom. The maximum atomic E-state index is 12.3. The lowest BCUT2D eigenvalue weighted by atomic mass is 10.2. The number of carboxylic acid groups (broad SMARTS) is 1. The molecule has 5 nitrogen and oxygen atoms in total. The van der Waals surface area contributed by atoms with Crippen LogP contribution in [0.3, 0.4) is 0 Å². The van der Waals surface area contributed by atoms with E-state index in [9.17, 15) is 13.2 Å².